The van der Waals surface area contributed by atoms with Crippen molar-refractivity contribution in [3.63, 3.8) is 0 Å². The summed E-state index contributed by atoms with van der Waals surface area (Å²) in [6.07, 6.45) is 1.12. The van der Waals surface area contributed by atoms with Gasteiger partial charge in [-0.15, -0.1) is 0 Å². The maximum atomic E-state index is 10.6. The topological polar surface area (TPSA) is 59.6 Å². The lowest BCUT2D eigenvalue weighted by molar-refractivity contribution is -0.118. The van der Waals surface area contributed by atoms with Crippen LogP contribution in [0.1, 0.15) is 6.42 Å². The fourth-order valence-corrected chi connectivity index (χ4v) is 2.72. The molecular formula is C21H30N2O3S. The number of para-hydroxylation sites is 2. The van der Waals surface area contributed by atoms with Crippen molar-refractivity contribution in [3.05, 3.63) is 60.7 Å². The summed E-state index contributed by atoms with van der Waals surface area (Å²) in [5.74, 6) is 3.70. The Hall–Kier alpha value is -2.02. The highest BCUT2D eigenvalue weighted by Crippen LogP contribution is 2.19. The molecule has 0 radical (unpaired) electrons. The van der Waals surface area contributed by atoms with E-state index in [-0.39, 0.29) is 5.91 Å². The van der Waals surface area contributed by atoms with Gasteiger partial charge < -0.3 is 20.1 Å². The van der Waals surface area contributed by atoms with Crippen LogP contribution in [0.4, 0.5) is 0 Å². The molecule has 2 N–H and O–H groups in total. The van der Waals surface area contributed by atoms with Crippen molar-refractivity contribution in [2.75, 3.05) is 45.4 Å². The number of methoxy groups -OCH3 is 1. The van der Waals surface area contributed by atoms with E-state index < -0.39 is 0 Å². The second-order valence-corrected chi connectivity index (χ2v) is 6.69. The van der Waals surface area contributed by atoms with Crippen molar-refractivity contribution in [2.24, 2.45) is 0 Å². The summed E-state index contributed by atoms with van der Waals surface area (Å²) in [7, 11) is 3.59. The van der Waals surface area contributed by atoms with Crippen molar-refractivity contribution in [2.45, 2.75) is 6.42 Å². The van der Waals surface area contributed by atoms with E-state index in [0.717, 1.165) is 43.4 Å². The summed E-state index contributed by atoms with van der Waals surface area (Å²) >= 11 is 1.71. The number of benzene rings is 2. The zero-order valence-electron chi connectivity index (χ0n) is 16.1. The molecule has 2 aromatic carbocycles. The van der Waals surface area contributed by atoms with Gasteiger partial charge in [-0.3, -0.25) is 4.79 Å². The molecule has 27 heavy (non-hydrogen) atoms. The predicted molar refractivity (Wildman–Crippen MR) is 114 cm³/mol. The van der Waals surface area contributed by atoms with E-state index in [4.69, 9.17) is 9.47 Å². The highest BCUT2D eigenvalue weighted by atomic mass is 32.2. The zero-order chi connectivity index (χ0) is 19.6. The molecule has 2 aromatic rings. The minimum atomic E-state index is 0.188. The number of likely N-dealkylation sites (N-methyl/N-ethyl adjacent to an activating group) is 1. The Morgan fingerprint density at radius 2 is 1.63 bits per heavy atom. The molecule has 5 nitrogen and oxygen atoms in total. The first kappa shape index (κ1) is 23.0. The summed E-state index contributed by atoms with van der Waals surface area (Å²) in [6.45, 7) is 2.61. The zero-order valence-corrected chi connectivity index (χ0v) is 17.0. The second-order valence-electron chi connectivity index (χ2n) is 5.58. The minimum absolute atomic E-state index is 0.188. The molecule has 0 aliphatic carbocycles. The van der Waals surface area contributed by atoms with Crippen LogP contribution >= 0.6 is 11.8 Å². The summed E-state index contributed by atoms with van der Waals surface area (Å²) < 4.78 is 10.3. The number of nitrogens with one attached hydrogen (secondary N) is 2. The standard InChI is InChI=1S/C12H10O.C5H9NOS.C4H11NO/c1-3-7-11(8-4-1)13-12-9-5-2-6-10-12;7-5-4-8-3-1-2-6-5;1-5-3-4-6-2/h1-10H;1-4H2,(H,6,7);5H,3-4H2,1-2H3. The highest BCUT2D eigenvalue weighted by Gasteiger charge is 2.03. The van der Waals surface area contributed by atoms with Crippen LogP contribution < -0.4 is 15.4 Å². The van der Waals surface area contributed by atoms with Gasteiger partial charge in [-0.2, -0.15) is 11.8 Å². The second kappa shape index (κ2) is 16.2. The lowest BCUT2D eigenvalue weighted by atomic mass is 10.3. The van der Waals surface area contributed by atoms with Crippen LogP contribution in [0.5, 0.6) is 11.5 Å². The lowest BCUT2D eigenvalue weighted by Crippen LogP contribution is -2.23. The molecule has 1 heterocycles. The van der Waals surface area contributed by atoms with Crippen LogP contribution in [0.2, 0.25) is 0 Å². The Morgan fingerprint density at radius 1 is 1.04 bits per heavy atom. The molecule has 6 heteroatoms. The van der Waals surface area contributed by atoms with Crippen LogP contribution in [-0.4, -0.2) is 51.3 Å². The number of hydrogen-bond donors (Lipinski definition) is 2. The summed E-state index contributed by atoms with van der Waals surface area (Å²) in [5, 5.41) is 5.73. The number of carbonyl (C=O) groups excluding carboxylic acids is 1. The molecule has 3 rings (SSSR count). The normalized spacial score (nSPS) is 13.0. The van der Waals surface area contributed by atoms with Crippen LogP contribution in [0.15, 0.2) is 60.7 Å². The van der Waals surface area contributed by atoms with Crippen LogP contribution in [0.3, 0.4) is 0 Å². The molecule has 0 unspecified atom stereocenters. The Kier molecular flexibility index (Phi) is 13.8. The quantitative estimate of drug-likeness (QED) is 0.765. The van der Waals surface area contributed by atoms with Crippen LogP contribution in [-0.2, 0) is 9.53 Å². The van der Waals surface area contributed by atoms with E-state index in [2.05, 4.69) is 10.6 Å². The maximum absolute atomic E-state index is 10.6. The van der Waals surface area contributed by atoms with Gasteiger partial charge in [0.15, 0.2) is 0 Å². The molecule has 148 valence electrons. The molecule has 0 bridgehead atoms. The molecule has 0 saturated carbocycles. The Balaban J connectivity index is 0.000000224. The summed E-state index contributed by atoms with van der Waals surface area (Å²) in [5.41, 5.74) is 0. The van der Waals surface area contributed by atoms with Gasteiger partial charge in [0.1, 0.15) is 11.5 Å². The monoisotopic (exact) mass is 390 g/mol. The van der Waals surface area contributed by atoms with E-state index in [1.54, 1.807) is 18.9 Å². The van der Waals surface area contributed by atoms with E-state index in [0.29, 0.717) is 5.75 Å². The van der Waals surface area contributed by atoms with Crippen molar-refractivity contribution in [1.82, 2.24) is 10.6 Å². The van der Waals surface area contributed by atoms with E-state index in [1.165, 1.54) is 0 Å². The average Bonchev–Trinajstić information content (AvgIpc) is 2.96. The number of rotatable bonds is 5. The van der Waals surface area contributed by atoms with Gasteiger partial charge in [-0.25, -0.2) is 0 Å². The Labute approximate surface area is 166 Å². The highest BCUT2D eigenvalue weighted by molar-refractivity contribution is 7.99. The molecule has 0 atom stereocenters. The van der Waals surface area contributed by atoms with Crippen LogP contribution in [0.25, 0.3) is 0 Å². The Morgan fingerprint density at radius 3 is 2.11 bits per heavy atom. The summed E-state index contributed by atoms with van der Waals surface area (Å²) in [4.78, 5) is 10.6. The molecule has 1 amide bonds. The lowest BCUT2D eigenvalue weighted by Gasteiger charge is -2.03. The number of hydrogen-bond acceptors (Lipinski definition) is 5. The number of amides is 1. The fourth-order valence-electron chi connectivity index (χ4n) is 1.94. The number of ether oxygens (including phenoxy) is 2. The molecule has 1 saturated heterocycles. The minimum Gasteiger partial charge on any atom is -0.457 e. The number of carbonyl (C=O) groups is 1. The van der Waals surface area contributed by atoms with E-state index >= 15 is 0 Å². The van der Waals surface area contributed by atoms with E-state index in [1.807, 2.05) is 67.7 Å². The van der Waals surface area contributed by atoms with Gasteiger partial charge in [-0.05, 0) is 43.5 Å². The van der Waals surface area contributed by atoms with Gasteiger partial charge in [0.05, 0.1) is 12.4 Å². The number of thioether (sulfide) groups is 1. The third-order valence-corrected chi connectivity index (χ3v) is 4.34. The van der Waals surface area contributed by atoms with E-state index in [9.17, 15) is 4.79 Å². The van der Waals surface area contributed by atoms with Crippen molar-refractivity contribution < 1.29 is 14.3 Å². The SMILES string of the molecule is CNCCOC.O=C1CSCCCN1.c1ccc(Oc2ccccc2)cc1. The van der Waals surface area contributed by atoms with Gasteiger partial charge in [-0.1, -0.05) is 36.4 Å². The Bertz CT molecular complexity index is 545. The van der Waals surface area contributed by atoms with Gasteiger partial charge >= 0.3 is 0 Å². The largest absolute Gasteiger partial charge is 0.457 e. The molecular weight excluding hydrogens is 360 g/mol. The first-order chi connectivity index (χ1) is 13.3. The molecule has 1 aliphatic heterocycles. The van der Waals surface area contributed by atoms with Crippen molar-refractivity contribution in [1.29, 1.82) is 0 Å². The molecule has 1 fully saturated rings. The maximum Gasteiger partial charge on any atom is 0.229 e. The molecule has 0 spiro atoms. The van der Waals surface area contributed by atoms with Crippen molar-refractivity contribution in [3.8, 4) is 11.5 Å². The smallest absolute Gasteiger partial charge is 0.229 e. The predicted octanol–water partition coefficient (Wildman–Crippen LogP) is 3.57. The first-order valence-corrected chi connectivity index (χ1v) is 10.2. The van der Waals surface area contributed by atoms with Crippen molar-refractivity contribution >= 4 is 17.7 Å². The molecule has 0 aromatic heterocycles. The van der Waals surface area contributed by atoms with Gasteiger partial charge in [0, 0.05) is 20.2 Å². The van der Waals surface area contributed by atoms with Gasteiger partial charge in [0.25, 0.3) is 0 Å². The molecule has 1 aliphatic rings. The third kappa shape index (κ3) is 12.9. The van der Waals surface area contributed by atoms with Crippen LogP contribution in [0, 0.1) is 0 Å². The fraction of sp³-hybridized carbons (Fsp3) is 0.381. The third-order valence-electron chi connectivity index (χ3n) is 3.30. The first-order valence-electron chi connectivity index (χ1n) is 9.02. The summed E-state index contributed by atoms with van der Waals surface area (Å²) in [6, 6.07) is 19.5. The van der Waals surface area contributed by atoms with Gasteiger partial charge in [0.2, 0.25) is 5.91 Å². The average molecular weight is 391 g/mol.